The van der Waals surface area contributed by atoms with E-state index in [0.717, 1.165) is 0 Å². The fourth-order valence-corrected chi connectivity index (χ4v) is 0.704. The Morgan fingerprint density at radius 3 is 2.92 bits per heavy atom. The predicted molar refractivity (Wildman–Crippen MR) is 45.0 cm³/mol. The average molecular weight is 161 g/mol. The normalized spacial score (nSPS) is 9.58. The second kappa shape index (κ2) is 3.98. The Labute approximate surface area is 69.8 Å². The van der Waals surface area contributed by atoms with Crippen molar-refractivity contribution in [1.82, 2.24) is 5.32 Å². The Kier molecular flexibility index (Phi) is 2.68. The third-order valence-electron chi connectivity index (χ3n) is 1.21. The van der Waals surface area contributed by atoms with Crippen LogP contribution >= 0.6 is 0 Å². The zero-order valence-corrected chi connectivity index (χ0v) is 6.23. The standard InChI is InChI=1S/C8H7N3O/c9-5-10-6-11-7-3-1-2-4-8(7)12/h1-4,6,12H,(H,10,11). The number of benzene rings is 1. The maximum Gasteiger partial charge on any atom is 0.182 e. The molecule has 0 bridgehead atoms. The summed E-state index contributed by atoms with van der Waals surface area (Å²) < 4.78 is 0. The van der Waals surface area contributed by atoms with E-state index in [0.29, 0.717) is 5.69 Å². The van der Waals surface area contributed by atoms with Crippen LogP contribution in [0.4, 0.5) is 5.69 Å². The van der Waals surface area contributed by atoms with Crippen molar-refractivity contribution in [3.63, 3.8) is 0 Å². The number of nitriles is 1. The number of hydrogen-bond donors (Lipinski definition) is 2. The molecule has 0 unspecified atom stereocenters. The molecule has 1 aromatic rings. The first-order chi connectivity index (χ1) is 5.84. The van der Waals surface area contributed by atoms with Crippen molar-refractivity contribution in [3.05, 3.63) is 24.3 Å². The zero-order chi connectivity index (χ0) is 8.81. The van der Waals surface area contributed by atoms with Crippen LogP contribution in [0.15, 0.2) is 29.3 Å². The fraction of sp³-hybridized carbons (Fsp3) is 0. The minimum atomic E-state index is 0.0912. The van der Waals surface area contributed by atoms with Crippen LogP contribution in [-0.2, 0) is 0 Å². The van der Waals surface area contributed by atoms with Gasteiger partial charge >= 0.3 is 0 Å². The highest BCUT2D eigenvalue weighted by atomic mass is 16.3. The quantitative estimate of drug-likeness (QED) is 0.295. The number of aliphatic imine (C=N–C) groups is 1. The van der Waals surface area contributed by atoms with Gasteiger partial charge in [-0.15, -0.1) is 0 Å². The van der Waals surface area contributed by atoms with E-state index in [2.05, 4.69) is 10.3 Å². The summed E-state index contributed by atoms with van der Waals surface area (Å²) in [5.74, 6) is 0.0912. The van der Waals surface area contributed by atoms with Gasteiger partial charge in [0.25, 0.3) is 0 Å². The Morgan fingerprint density at radius 2 is 2.25 bits per heavy atom. The van der Waals surface area contributed by atoms with Crippen molar-refractivity contribution >= 4 is 12.0 Å². The number of nitrogens with one attached hydrogen (secondary N) is 1. The summed E-state index contributed by atoms with van der Waals surface area (Å²) in [6.07, 6.45) is 2.89. The van der Waals surface area contributed by atoms with Crippen molar-refractivity contribution < 1.29 is 5.11 Å². The number of phenolic OH excluding ortho intramolecular Hbond substituents is 1. The van der Waals surface area contributed by atoms with Crippen molar-refractivity contribution in [2.45, 2.75) is 0 Å². The number of hydrogen-bond acceptors (Lipinski definition) is 3. The average Bonchev–Trinajstić information content (AvgIpc) is 2.09. The van der Waals surface area contributed by atoms with Crippen LogP contribution < -0.4 is 5.32 Å². The molecule has 0 fully saturated rings. The molecule has 0 saturated heterocycles. The molecule has 4 nitrogen and oxygen atoms in total. The predicted octanol–water partition coefficient (Wildman–Crippen LogP) is 1.12. The van der Waals surface area contributed by atoms with Gasteiger partial charge in [0, 0.05) is 0 Å². The van der Waals surface area contributed by atoms with Gasteiger partial charge in [-0.05, 0) is 12.1 Å². The summed E-state index contributed by atoms with van der Waals surface area (Å²) in [4.78, 5) is 3.79. The van der Waals surface area contributed by atoms with Crippen LogP contribution in [0.25, 0.3) is 0 Å². The Balaban J connectivity index is 2.77. The summed E-state index contributed by atoms with van der Waals surface area (Å²) in [7, 11) is 0. The molecule has 0 spiro atoms. The topological polar surface area (TPSA) is 68.4 Å². The van der Waals surface area contributed by atoms with E-state index in [-0.39, 0.29) is 5.75 Å². The molecular formula is C8H7N3O. The zero-order valence-electron chi connectivity index (χ0n) is 6.23. The third-order valence-corrected chi connectivity index (χ3v) is 1.21. The van der Waals surface area contributed by atoms with E-state index in [1.807, 2.05) is 0 Å². The van der Waals surface area contributed by atoms with Gasteiger partial charge in [0.05, 0.1) is 0 Å². The maximum atomic E-state index is 9.19. The molecule has 0 radical (unpaired) electrons. The molecule has 0 aliphatic rings. The number of phenols is 1. The third kappa shape index (κ3) is 1.99. The van der Waals surface area contributed by atoms with Crippen LogP contribution in [0.1, 0.15) is 0 Å². The van der Waals surface area contributed by atoms with Crippen molar-refractivity contribution in [2.75, 3.05) is 0 Å². The summed E-state index contributed by atoms with van der Waals surface area (Å²) in [6.45, 7) is 0. The highest BCUT2D eigenvalue weighted by molar-refractivity contribution is 5.65. The second-order valence-electron chi connectivity index (χ2n) is 2.00. The molecule has 0 amide bonds. The molecule has 0 aliphatic carbocycles. The molecule has 12 heavy (non-hydrogen) atoms. The van der Waals surface area contributed by atoms with E-state index >= 15 is 0 Å². The number of nitrogens with zero attached hydrogens (tertiary/aromatic N) is 2. The molecule has 0 aliphatic heterocycles. The first kappa shape index (κ1) is 8.08. The molecule has 0 aromatic heterocycles. The molecule has 0 saturated carbocycles. The molecule has 0 atom stereocenters. The molecule has 4 heteroatoms. The number of para-hydroxylation sites is 2. The van der Waals surface area contributed by atoms with Gasteiger partial charge in [-0.2, -0.15) is 5.26 Å². The van der Waals surface area contributed by atoms with Crippen LogP contribution in [0.3, 0.4) is 0 Å². The van der Waals surface area contributed by atoms with Gasteiger partial charge in [-0.3, -0.25) is 5.32 Å². The minimum Gasteiger partial charge on any atom is -0.506 e. The highest BCUT2D eigenvalue weighted by Gasteiger charge is 1.93. The van der Waals surface area contributed by atoms with E-state index in [1.165, 1.54) is 12.4 Å². The summed E-state index contributed by atoms with van der Waals surface area (Å²) in [6, 6.07) is 6.62. The van der Waals surface area contributed by atoms with E-state index in [4.69, 9.17) is 5.26 Å². The molecule has 0 heterocycles. The number of aromatic hydroxyl groups is 1. The van der Waals surface area contributed by atoms with Gasteiger partial charge in [0.15, 0.2) is 6.19 Å². The van der Waals surface area contributed by atoms with Gasteiger partial charge in [-0.25, -0.2) is 4.99 Å². The molecule has 2 N–H and O–H groups in total. The minimum absolute atomic E-state index is 0.0912. The second-order valence-corrected chi connectivity index (χ2v) is 2.00. The van der Waals surface area contributed by atoms with Gasteiger partial charge in [0.2, 0.25) is 0 Å². The summed E-state index contributed by atoms with van der Waals surface area (Å²) >= 11 is 0. The monoisotopic (exact) mass is 161 g/mol. The van der Waals surface area contributed by atoms with Crippen LogP contribution in [-0.4, -0.2) is 11.4 Å². The lowest BCUT2D eigenvalue weighted by atomic mass is 10.3. The Hall–Kier alpha value is -2.02. The lowest BCUT2D eigenvalue weighted by Gasteiger charge is -1.94. The molecular weight excluding hydrogens is 154 g/mol. The number of rotatable bonds is 2. The Bertz CT molecular complexity index is 327. The molecule has 60 valence electrons. The maximum absolute atomic E-state index is 9.19. The summed E-state index contributed by atoms with van der Waals surface area (Å²) in [5.41, 5.74) is 0.431. The first-order valence-electron chi connectivity index (χ1n) is 3.30. The lowest BCUT2D eigenvalue weighted by molar-refractivity contribution is 0.477. The SMILES string of the molecule is N#CNC=Nc1ccccc1O. The highest BCUT2D eigenvalue weighted by Crippen LogP contribution is 2.23. The fourth-order valence-electron chi connectivity index (χ4n) is 0.704. The van der Waals surface area contributed by atoms with Gasteiger partial charge in [-0.1, -0.05) is 12.1 Å². The lowest BCUT2D eigenvalue weighted by Crippen LogP contribution is -1.98. The van der Waals surface area contributed by atoms with Crippen molar-refractivity contribution in [2.24, 2.45) is 4.99 Å². The van der Waals surface area contributed by atoms with Crippen molar-refractivity contribution in [1.29, 1.82) is 5.26 Å². The smallest absolute Gasteiger partial charge is 0.182 e. The van der Waals surface area contributed by atoms with E-state index in [1.54, 1.807) is 24.4 Å². The van der Waals surface area contributed by atoms with Crippen molar-refractivity contribution in [3.8, 4) is 11.9 Å². The Morgan fingerprint density at radius 1 is 1.50 bits per heavy atom. The molecule has 1 aromatic carbocycles. The van der Waals surface area contributed by atoms with Crippen LogP contribution in [0.5, 0.6) is 5.75 Å². The molecule has 1 rings (SSSR count). The van der Waals surface area contributed by atoms with Crippen LogP contribution in [0, 0.1) is 11.5 Å². The summed E-state index contributed by atoms with van der Waals surface area (Å²) in [5, 5.41) is 19.5. The van der Waals surface area contributed by atoms with Gasteiger partial charge < -0.3 is 5.11 Å². The van der Waals surface area contributed by atoms with E-state index < -0.39 is 0 Å². The van der Waals surface area contributed by atoms with Crippen LogP contribution in [0.2, 0.25) is 0 Å². The largest absolute Gasteiger partial charge is 0.506 e. The van der Waals surface area contributed by atoms with Gasteiger partial charge in [0.1, 0.15) is 17.8 Å². The first-order valence-corrected chi connectivity index (χ1v) is 3.30. The van der Waals surface area contributed by atoms with E-state index in [9.17, 15) is 5.11 Å².